The molecule has 0 unspecified atom stereocenters. The minimum absolute atomic E-state index is 0.0327. The Kier molecular flexibility index (Phi) is 6.75. The van der Waals surface area contributed by atoms with Crippen LogP contribution in [-0.4, -0.2) is 35.0 Å². The van der Waals surface area contributed by atoms with Crippen molar-refractivity contribution < 1.29 is 38.5 Å². The number of esters is 3. The average molecular weight is 312 g/mol. The van der Waals surface area contributed by atoms with Crippen LogP contribution in [0.2, 0.25) is 0 Å². The number of rotatable bonds is 7. The molecule has 0 aliphatic carbocycles. The van der Waals surface area contributed by atoms with E-state index in [2.05, 4.69) is 17.9 Å². The molecule has 22 heavy (non-hydrogen) atoms. The van der Waals surface area contributed by atoms with Gasteiger partial charge in [0.25, 0.3) is 0 Å². The van der Waals surface area contributed by atoms with Crippen molar-refractivity contribution in [2.45, 2.75) is 26.7 Å². The summed E-state index contributed by atoms with van der Waals surface area (Å²) >= 11 is 0. The number of carboxylic acid groups (broad SMARTS) is 1. The van der Waals surface area contributed by atoms with E-state index >= 15 is 0 Å². The van der Waals surface area contributed by atoms with Crippen LogP contribution in [0.25, 0.3) is 0 Å². The largest absolute Gasteiger partial charge is 0.478 e. The highest BCUT2D eigenvalue weighted by atomic mass is 16.9. The van der Waals surface area contributed by atoms with Gasteiger partial charge in [-0.15, -0.1) is 0 Å². The molecule has 0 rings (SSSR count). The van der Waals surface area contributed by atoms with Gasteiger partial charge in [-0.25, -0.2) is 19.2 Å². The molecular weight excluding hydrogens is 296 g/mol. The minimum Gasteiger partial charge on any atom is -0.478 e. The van der Waals surface area contributed by atoms with Crippen LogP contribution in [-0.2, 0) is 33.4 Å². The third-order valence-corrected chi connectivity index (χ3v) is 1.90. The lowest BCUT2D eigenvalue weighted by molar-refractivity contribution is -0.315. The van der Waals surface area contributed by atoms with Crippen LogP contribution in [0.3, 0.4) is 0 Å². The fourth-order valence-corrected chi connectivity index (χ4v) is 0.930. The molecule has 8 nitrogen and oxygen atoms in total. The second-order valence-corrected chi connectivity index (χ2v) is 4.29. The molecule has 0 amide bonds. The van der Waals surface area contributed by atoms with Crippen LogP contribution < -0.4 is 0 Å². The molecule has 0 bridgehead atoms. The van der Waals surface area contributed by atoms with Crippen molar-refractivity contribution in [2.24, 2.45) is 0 Å². The lowest BCUT2D eigenvalue weighted by Crippen LogP contribution is -2.41. The summed E-state index contributed by atoms with van der Waals surface area (Å²) in [4.78, 5) is 44.8. The third kappa shape index (κ3) is 7.04. The number of carbonyl (C=O) groups is 4. The van der Waals surface area contributed by atoms with E-state index in [0.29, 0.717) is 12.2 Å². The van der Waals surface area contributed by atoms with Crippen LogP contribution >= 0.6 is 0 Å². The molecule has 0 saturated heterocycles. The summed E-state index contributed by atoms with van der Waals surface area (Å²) < 4.78 is 14.2. The van der Waals surface area contributed by atoms with Gasteiger partial charge in [-0.3, -0.25) is 0 Å². The Morgan fingerprint density at radius 3 is 1.64 bits per heavy atom. The highest BCUT2D eigenvalue weighted by molar-refractivity contribution is 5.92. The van der Waals surface area contributed by atoms with E-state index < -0.39 is 29.9 Å². The minimum atomic E-state index is -2.40. The SMILES string of the molecule is C=C(C)C(=O)OC(C)(OC(=O)/C=C\C(=O)O)OC(=O)C(=C)C. The molecule has 1 N–H and O–H groups in total. The van der Waals surface area contributed by atoms with Gasteiger partial charge in [-0.1, -0.05) is 13.2 Å². The summed E-state index contributed by atoms with van der Waals surface area (Å²) in [6.07, 6.45) is 1.06. The highest BCUT2D eigenvalue weighted by Gasteiger charge is 2.38. The molecule has 0 spiro atoms. The fraction of sp³-hybridized carbons (Fsp3) is 0.286. The van der Waals surface area contributed by atoms with Crippen molar-refractivity contribution in [1.82, 2.24) is 0 Å². The number of ether oxygens (including phenoxy) is 3. The molecule has 0 aromatic heterocycles. The molecule has 0 atom stereocenters. The van der Waals surface area contributed by atoms with Crippen LogP contribution in [0.5, 0.6) is 0 Å². The first-order valence-electron chi connectivity index (χ1n) is 5.88. The second kappa shape index (κ2) is 7.77. The number of hydrogen-bond donors (Lipinski definition) is 1. The van der Waals surface area contributed by atoms with Gasteiger partial charge in [0.1, 0.15) is 0 Å². The van der Waals surface area contributed by atoms with Crippen LogP contribution in [0, 0.1) is 0 Å². The molecule has 0 aromatic rings. The first-order valence-corrected chi connectivity index (χ1v) is 5.88. The van der Waals surface area contributed by atoms with E-state index in [1.54, 1.807) is 0 Å². The molecule has 0 saturated carbocycles. The Morgan fingerprint density at radius 1 is 0.909 bits per heavy atom. The van der Waals surface area contributed by atoms with Gasteiger partial charge in [0.15, 0.2) is 0 Å². The van der Waals surface area contributed by atoms with Gasteiger partial charge in [-0.2, -0.15) is 0 Å². The van der Waals surface area contributed by atoms with E-state index in [1.807, 2.05) is 0 Å². The molecule has 0 aliphatic heterocycles. The van der Waals surface area contributed by atoms with Gasteiger partial charge in [-0.05, 0) is 13.8 Å². The number of carboxylic acids is 1. The van der Waals surface area contributed by atoms with Crippen LogP contribution in [0.1, 0.15) is 20.8 Å². The van der Waals surface area contributed by atoms with Gasteiger partial charge in [0.05, 0.1) is 6.92 Å². The van der Waals surface area contributed by atoms with Crippen molar-refractivity contribution in [3.63, 3.8) is 0 Å². The molecule has 0 aromatic carbocycles. The zero-order valence-corrected chi connectivity index (χ0v) is 12.4. The predicted octanol–water partition coefficient (Wildman–Crippen LogP) is 1.08. The molecule has 0 fully saturated rings. The van der Waals surface area contributed by atoms with E-state index in [1.165, 1.54) is 13.8 Å². The zero-order valence-electron chi connectivity index (χ0n) is 12.4. The molecule has 0 radical (unpaired) electrons. The lowest BCUT2D eigenvalue weighted by Gasteiger charge is -2.27. The molecular formula is C14H16O8. The smallest absolute Gasteiger partial charge is 0.421 e. The van der Waals surface area contributed by atoms with Gasteiger partial charge in [0.2, 0.25) is 0 Å². The Bertz CT molecular complexity index is 527. The summed E-state index contributed by atoms with van der Waals surface area (Å²) in [6, 6.07) is 0. The Labute approximate surface area is 126 Å². The molecule has 0 aliphatic rings. The molecule has 0 heterocycles. The standard InChI is InChI=1S/C14H16O8/c1-8(2)12(18)21-14(5,22-13(19)9(3)4)20-11(17)7-6-10(15)16/h6-7H,1,3H2,2,4-5H3,(H,15,16)/b7-6-. The topological polar surface area (TPSA) is 116 Å². The third-order valence-electron chi connectivity index (χ3n) is 1.90. The second-order valence-electron chi connectivity index (χ2n) is 4.29. The zero-order chi connectivity index (χ0) is 17.5. The number of hydrogen-bond acceptors (Lipinski definition) is 7. The first-order chi connectivity index (χ1) is 9.96. The number of carbonyl (C=O) groups excluding carboxylic acids is 3. The van der Waals surface area contributed by atoms with Crippen LogP contribution in [0.15, 0.2) is 36.5 Å². The van der Waals surface area contributed by atoms with Crippen molar-refractivity contribution in [1.29, 1.82) is 0 Å². The predicted molar refractivity (Wildman–Crippen MR) is 73.1 cm³/mol. The van der Waals surface area contributed by atoms with Gasteiger partial charge < -0.3 is 19.3 Å². The van der Waals surface area contributed by atoms with E-state index in [9.17, 15) is 19.2 Å². The van der Waals surface area contributed by atoms with Gasteiger partial charge in [0, 0.05) is 23.3 Å². The molecule has 120 valence electrons. The lowest BCUT2D eigenvalue weighted by atomic mass is 10.3. The highest BCUT2D eigenvalue weighted by Crippen LogP contribution is 2.19. The summed E-state index contributed by atoms with van der Waals surface area (Å²) in [5.74, 6) is -6.95. The Morgan fingerprint density at radius 2 is 1.32 bits per heavy atom. The summed E-state index contributed by atoms with van der Waals surface area (Å²) in [6.45, 7) is 10.3. The average Bonchev–Trinajstić information content (AvgIpc) is 2.35. The first kappa shape index (κ1) is 19.1. The van der Waals surface area contributed by atoms with Crippen molar-refractivity contribution in [2.75, 3.05) is 0 Å². The monoisotopic (exact) mass is 312 g/mol. The van der Waals surface area contributed by atoms with E-state index in [0.717, 1.165) is 6.92 Å². The normalized spacial score (nSPS) is 10.7. The van der Waals surface area contributed by atoms with Gasteiger partial charge >= 0.3 is 29.9 Å². The van der Waals surface area contributed by atoms with Crippen LogP contribution in [0.4, 0.5) is 0 Å². The van der Waals surface area contributed by atoms with Crippen molar-refractivity contribution in [3.05, 3.63) is 36.5 Å². The Balaban J connectivity index is 5.23. The van der Waals surface area contributed by atoms with Crippen molar-refractivity contribution in [3.8, 4) is 0 Å². The maximum atomic E-state index is 11.5. The van der Waals surface area contributed by atoms with E-state index in [-0.39, 0.29) is 11.1 Å². The summed E-state index contributed by atoms with van der Waals surface area (Å²) in [5, 5.41) is 8.41. The Hall–Kier alpha value is -2.90. The summed E-state index contributed by atoms with van der Waals surface area (Å²) in [5.41, 5.74) is -0.0653. The quantitative estimate of drug-likeness (QED) is 0.422. The number of aliphatic carboxylic acids is 1. The summed E-state index contributed by atoms with van der Waals surface area (Å²) in [7, 11) is 0. The maximum absolute atomic E-state index is 11.5. The fourth-order valence-electron chi connectivity index (χ4n) is 0.930. The van der Waals surface area contributed by atoms with E-state index in [4.69, 9.17) is 14.6 Å². The molecule has 8 heteroatoms. The van der Waals surface area contributed by atoms with Crippen molar-refractivity contribution >= 4 is 23.9 Å². The maximum Gasteiger partial charge on any atom is 0.421 e.